The predicted molar refractivity (Wildman–Crippen MR) is 90.6 cm³/mol. The van der Waals surface area contributed by atoms with Crippen LogP contribution in [0.3, 0.4) is 0 Å². The van der Waals surface area contributed by atoms with Crippen molar-refractivity contribution in [2.24, 2.45) is 5.73 Å². The van der Waals surface area contributed by atoms with Gasteiger partial charge in [0.05, 0.1) is 0 Å². The lowest BCUT2D eigenvalue weighted by Gasteiger charge is -2.38. The molecule has 0 bridgehead atoms. The van der Waals surface area contributed by atoms with Crippen molar-refractivity contribution >= 4 is 0 Å². The van der Waals surface area contributed by atoms with Crippen molar-refractivity contribution in [3.05, 3.63) is 35.4 Å². The smallest absolute Gasteiger partial charge is 0.0424 e. The first kappa shape index (κ1) is 16.5. The minimum Gasteiger partial charge on any atom is -0.323 e. The quantitative estimate of drug-likeness (QED) is 0.928. The molecule has 0 spiro atoms. The van der Waals surface area contributed by atoms with Crippen molar-refractivity contribution in [1.29, 1.82) is 0 Å². The highest BCUT2D eigenvalue weighted by atomic mass is 15.3. The van der Waals surface area contributed by atoms with Crippen LogP contribution in [0.5, 0.6) is 0 Å². The second-order valence-corrected chi connectivity index (χ2v) is 7.57. The number of rotatable bonds is 3. The fourth-order valence-electron chi connectivity index (χ4n) is 2.90. The lowest BCUT2D eigenvalue weighted by Crippen LogP contribution is -2.51. The Kier molecular flexibility index (Phi) is 5.07. The first-order valence-corrected chi connectivity index (χ1v) is 8.06. The number of nitrogens with zero attached hydrogens (tertiary/aromatic N) is 2. The molecule has 1 heterocycles. The standard InChI is InChI=1S/C18H31N3/c1-14-12-21(11-10-20(14)5)13-17(19)15-6-8-16(9-7-15)18(2,3)4/h6-9,14,17H,10-13,19H2,1-5H3. The van der Waals surface area contributed by atoms with Crippen LogP contribution in [0.4, 0.5) is 0 Å². The molecule has 2 unspecified atom stereocenters. The average Bonchev–Trinajstić information content (AvgIpc) is 2.42. The van der Waals surface area contributed by atoms with E-state index in [4.69, 9.17) is 5.73 Å². The van der Waals surface area contributed by atoms with Gasteiger partial charge in [0, 0.05) is 38.3 Å². The number of piperazine rings is 1. The Balaban J connectivity index is 1.96. The van der Waals surface area contributed by atoms with Crippen LogP contribution in [0.25, 0.3) is 0 Å². The summed E-state index contributed by atoms with van der Waals surface area (Å²) in [7, 11) is 2.20. The number of hydrogen-bond donors (Lipinski definition) is 1. The molecule has 0 saturated carbocycles. The molecule has 2 rings (SSSR count). The van der Waals surface area contributed by atoms with E-state index in [1.54, 1.807) is 0 Å². The van der Waals surface area contributed by atoms with Crippen molar-refractivity contribution in [1.82, 2.24) is 9.80 Å². The van der Waals surface area contributed by atoms with Gasteiger partial charge in [0.15, 0.2) is 0 Å². The molecule has 1 aromatic carbocycles. The van der Waals surface area contributed by atoms with Crippen molar-refractivity contribution < 1.29 is 0 Å². The van der Waals surface area contributed by atoms with E-state index < -0.39 is 0 Å². The van der Waals surface area contributed by atoms with Crippen LogP contribution in [0.15, 0.2) is 24.3 Å². The summed E-state index contributed by atoms with van der Waals surface area (Å²) in [5.41, 5.74) is 9.23. The number of likely N-dealkylation sites (N-methyl/N-ethyl adjacent to an activating group) is 1. The molecule has 1 fully saturated rings. The molecule has 1 aromatic rings. The fraction of sp³-hybridized carbons (Fsp3) is 0.667. The Morgan fingerprint density at radius 3 is 2.33 bits per heavy atom. The van der Waals surface area contributed by atoms with Gasteiger partial charge in [0.2, 0.25) is 0 Å². The van der Waals surface area contributed by atoms with Gasteiger partial charge in [-0.2, -0.15) is 0 Å². The third-order valence-electron chi connectivity index (χ3n) is 4.70. The second-order valence-electron chi connectivity index (χ2n) is 7.57. The van der Waals surface area contributed by atoms with E-state index in [1.807, 2.05) is 0 Å². The lowest BCUT2D eigenvalue weighted by molar-refractivity contribution is 0.100. The zero-order valence-corrected chi connectivity index (χ0v) is 14.3. The van der Waals surface area contributed by atoms with E-state index in [9.17, 15) is 0 Å². The molecule has 2 atom stereocenters. The zero-order chi connectivity index (χ0) is 15.6. The first-order chi connectivity index (χ1) is 9.77. The molecule has 0 radical (unpaired) electrons. The van der Waals surface area contributed by atoms with Gasteiger partial charge >= 0.3 is 0 Å². The van der Waals surface area contributed by atoms with Crippen LogP contribution >= 0.6 is 0 Å². The van der Waals surface area contributed by atoms with E-state index >= 15 is 0 Å². The summed E-state index contributed by atoms with van der Waals surface area (Å²) in [6.07, 6.45) is 0. The maximum absolute atomic E-state index is 6.41. The molecule has 0 amide bonds. The summed E-state index contributed by atoms with van der Waals surface area (Å²) in [5.74, 6) is 0. The van der Waals surface area contributed by atoms with Gasteiger partial charge in [0.1, 0.15) is 0 Å². The Labute approximate surface area is 130 Å². The summed E-state index contributed by atoms with van der Waals surface area (Å²) in [5, 5.41) is 0. The van der Waals surface area contributed by atoms with Crippen LogP contribution in [0.1, 0.15) is 44.9 Å². The third kappa shape index (κ3) is 4.29. The number of nitrogens with two attached hydrogens (primary N) is 1. The van der Waals surface area contributed by atoms with Crippen molar-refractivity contribution in [3.63, 3.8) is 0 Å². The summed E-state index contributed by atoms with van der Waals surface area (Å²) in [6.45, 7) is 13.3. The van der Waals surface area contributed by atoms with E-state index in [-0.39, 0.29) is 11.5 Å². The Bertz CT molecular complexity index is 447. The minimum absolute atomic E-state index is 0.106. The molecule has 118 valence electrons. The van der Waals surface area contributed by atoms with E-state index in [2.05, 4.69) is 68.8 Å². The summed E-state index contributed by atoms with van der Waals surface area (Å²) in [4.78, 5) is 4.91. The normalized spacial score (nSPS) is 23.2. The highest BCUT2D eigenvalue weighted by molar-refractivity contribution is 5.29. The second kappa shape index (κ2) is 6.47. The molecule has 0 aromatic heterocycles. The monoisotopic (exact) mass is 289 g/mol. The number of benzene rings is 1. The van der Waals surface area contributed by atoms with Crippen molar-refractivity contribution in [2.75, 3.05) is 33.2 Å². The van der Waals surface area contributed by atoms with Crippen LogP contribution in [0, 0.1) is 0 Å². The van der Waals surface area contributed by atoms with Crippen LogP contribution in [-0.4, -0.2) is 49.1 Å². The maximum Gasteiger partial charge on any atom is 0.0424 e. The van der Waals surface area contributed by atoms with Crippen LogP contribution < -0.4 is 5.73 Å². The molecule has 1 aliphatic heterocycles. The average molecular weight is 289 g/mol. The topological polar surface area (TPSA) is 32.5 Å². The van der Waals surface area contributed by atoms with Gasteiger partial charge in [-0.1, -0.05) is 45.0 Å². The molecule has 21 heavy (non-hydrogen) atoms. The Morgan fingerprint density at radius 1 is 1.19 bits per heavy atom. The van der Waals surface area contributed by atoms with Gasteiger partial charge in [-0.3, -0.25) is 4.90 Å². The highest BCUT2D eigenvalue weighted by Crippen LogP contribution is 2.24. The maximum atomic E-state index is 6.41. The van der Waals surface area contributed by atoms with Crippen LogP contribution in [0.2, 0.25) is 0 Å². The molecule has 2 N–H and O–H groups in total. The number of hydrogen-bond acceptors (Lipinski definition) is 3. The molecule has 3 nitrogen and oxygen atoms in total. The molecular formula is C18H31N3. The summed E-state index contributed by atoms with van der Waals surface area (Å²) < 4.78 is 0. The summed E-state index contributed by atoms with van der Waals surface area (Å²) >= 11 is 0. The zero-order valence-electron chi connectivity index (χ0n) is 14.3. The summed E-state index contributed by atoms with van der Waals surface area (Å²) in [6, 6.07) is 9.57. The predicted octanol–water partition coefficient (Wildman–Crippen LogP) is 2.62. The molecule has 1 saturated heterocycles. The van der Waals surface area contributed by atoms with Crippen molar-refractivity contribution in [3.8, 4) is 0 Å². The van der Waals surface area contributed by atoms with E-state index in [0.717, 1.165) is 26.2 Å². The molecular weight excluding hydrogens is 258 g/mol. The van der Waals surface area contributed by atoms with Gasteiger partial charge in [0.25, 0.3) is 0 Å². The Morgan fingerprint density at radius 2 is 1.81 bits per heavy atom. The van der Waals surface area contributed by atoms with Crippen molar-refractivity contribution in [2.45, 2.75) is 45.2 Å². The minimum atomic E-state index is 0.106. The van der Waals surface area contributed by atoms with Gasteiger partial charge in [-0.05, 0) is 30.5 Å². The van der Waals surface area contributed by atoms with E-state index in [1.165, 1.54) is 11.1 Å². The molecule has 0 aliphatic carbocycles. The largest absolute Gasteiger partial charge is 0.323 e. The van der Waals surface area contributed by atoms with E-state index in [0.29, 0.717) is 6.04 Å². The first-order valence-electron chi connectivity index (χ1n) is 8.06. The fourth-order valence-corrected chi connectivity index (χ4v) is 2.90. The molecule has 3 heteroatoms. The van der Waals surface area contributed by atoms with Gasteiger partial charge in [-0.25, -0.2) is 0 Å². The SMILES string of the molecule is CC1CN(CC(N)c2ccc(C(C)(C)C)cc2)CCN1C. The van der Waals surface area contributed by atoms with Gasteiger partial charge in [-0.15, -0.1) is 0 Å². The van der Waals surface area contributed by atoms with Gasteiger partial charge < -0.3 is 10.6 Å². The lowest BCUT2D eigenvalue weighted by atomic mass is 9.86. The third-order valence-corrected chi connectivity index (χ3v) is 4.70. The highest BCUT2D eigenvalue weighted by Gasteiger charge is 2.22. The van der Waals surface area contributed by atoms with Crippen LogP contribution in [-0.2, 0) is 5.41 Å². The Hall–Kier alpha value is -0.900. The molecule has 1 aliphatic rings.